The molecule has 0 atom stereocenters. The number of hydrogen-bond acceptors (Lipinski definition) is 5. The van der Waals surface area contributed by atoms with E-state index >= 15 is 0 Å². The molecule has 78 heavy (non-hydrogen) atoms. The minimum absolute atomic E-state index is 0.868. The van der Waals surface area contributed by atoms with E-state index in [1.807, 2.05) is 23.5 Å². The summed E-state index contributed by atoms with van der Waals surface area (Å²) in [7, 11) is 0. The first-order valence-electron chi connectivity index (χ1n) is 26.4. The molecule has 3 aromatic heterocycles. The number of rotatable bonds is 11. The van der Waals surface area contributed by atoms with Gasteiger partial charge in [-0.3, -0.25) is 0 Å². The molecule has 5 nitrogen and oxygen atoms in total. The third-order valence-corrected chi connectivity index (χ3v) is 16.2. The second kappa shape index (κ2) is 18.9. The Labute approximate surface area is 455 Å². The first kappa shape index (κ1) is 45.3. The maximum atomic E-state index is 6.38. The van der Waals surface area contributed by atoms with Gasteiger partial charge in [0.15, 0.2) is 0 Å². The Balaban J connectivity index is 0.952. The summed E-state index contributed by atoms with van der Waals surface area (Å²) in [4.78, 5) is 7.13. The molecule has 0 spiro atoms. The molecule has 0 saturated heterocycles. The number of para-hydroxylation sites is 6. The fourth-order valence-corrected chi connectivity index (χ4v) is 12.6. The molecule has 0 amide bonds. The lowest BCUT2D eigenvalue weighted by Gasteiger charge is -2.30. The van der Waals surface area contributed by atoms with Gasteiger partial charge < -0.3 is 23.7 Å². The highest BCUT2D eigenvalue weighted by molar-refractivity contribution is 7.25. The highest BCUT2D eigenvalue weighted by atomic mass is 32.1. The minimum atomic E-state index is 0.868. The molecule has 368 valence electrons. The quantitative estimate of drug-likeness (QED) is 0.129. The second-order valence-electron chi connectivity index (χ2n) is 19.7. The zero-order chi connectivity index (χ0) is 51.5. The van der Waals surface area contributed by atoms with E-state index in [2.05, 4.69) is 298 Å². The van der Waals surface area contributed by atoms with Crippen LogP contribution in [0.25, 0.3) is 80.7 Å². The zero-order valence-corrected chi connectivity index (χ0v) is 43.1. The number of nitrogens with zero attached hydrogens (tertiary/aromatic N) is 4. The van der Waals surface area contributed by atoms with Gasteiger partial charge in [0.2, 0.25) is 0 Å². The lowest BCUT2D eigenvalue weighted by Crippen LogP contribution is -2.13. The summed E-state index contributed by atoms with van der Waals surface area (Å²) in [6.45, 7) is 0. The van der Waals surface area contributed by atoms with Crippen molar-refractivity contribution >= 4 is 126 Å². The summed E-state index contributed by atoms with van der Waals surface area (Å²) in [5.41, 5.74) is 16.9. The van der Waals surface area contributed by atoms with Gasteiger partial charge in [0, 0.05) is 98.6 Å². The van der Waals surface area contributed by atoms with Crippen LogP contribution in [0.2, 0.25) is 0 Å². The fraction of sp³-hybridized carbons (Fsp3) is 0. The molecule has 6 heteroatoms. The van der Waals surface area contributed by atoms with Crippen LogP contribution in [0.5, 0.6) is 0 Å². The van der Waals surface area contributed by atoms with Gasteiger partial charge in [-0.2, -0.15) is 0 Å². The SMILES string of the molecule is c1ccc(N(c2ccccc2)c2cc(-c3ccc4c(c3)c3ccc(N(c5ccc6oc7ccccc7c6c5)c5ccc6sc7ccccc7c6c5)cc3n4-c3ccccc3)cc(N(c3ccccc3)c3ccccc3)c2)cc1. The number of thiophene rings is 1. The zero-order valence-electron chi connectivity index (χ0n) is 42.3. The molecular formula is C72H48N4OS. The van der Waals surface area contributed by atoms with Crippen LogP contribution >= 0.6 is 11.3 Å². The lowest BCUT2D eigenvalue weighted by atomic mass is 9.99. The molecular weight excluding hydrogens is 969 g/mol. The molecule has 0 saturated carbocycles. The van der Waals surface area contributed by atoms with Crippen molar-refractivity contribution < 1.29 is 4.42 Å². The van der Waals surface area contributed by atoms with E-state index in [0.29, 0.717) is 0 Å². The van der Waals surface area contributed by atoms with Crippen molar-refractivity contribution in [3.63, 3.8) is 0 Å². The number of anilines is 9. The van der Waals surface area contributed by atoms with Gasteiger partial charge in [-0.15, -0.1) is 11.3 Å². The number of benzene rings is 12. The second-order valence-corrected chi connectivity index (χ2v) is 20.8. The van der Waals surface area contributed by atoms with Crippen LogP contribution in [0.15, 0.2) is 296 Å². The van der Waals surface area contributed by atoms with E-state index in [1.54, 1.807) is 0 Å². The summed E-state index contributed by atoms with van der Waals surface area (Å²) in [6, 6.07) is 105. The van der Waals surface area contributed by atoms with Gasteiger partial charge in [-0.1, -0.05) is 140 Å². The molecule has 0 aliphatic rings. The molecule has 15 aromatic rings. The maximum Gasteiger partial charge on any atom is 0.135 e. The van der Waals surface area contributed by atoms with Crippen molar-refractivity contribution in [1.29, 1.82) is 0 Å². The van der Waals surface area contributed by atoms with Crippen LogP contribution in [0.1, 0.15) is 0 Å². The van der Waals surface area contributed by atoms with Gasteiger partial charge in [-0.25, -0.2) is 0 Å². The molecule has 0 fully saturated rings. The summed E-state index contributed by atoms with van der Waals surface area (Å²) in [5.74, 6) is 0. The third kappa shape index (κ3) is 7.85. The molecule has 12 aromatic carbocycles. The Bertz CT molecular complexity index is 4390. The van der Waals surface area contributed by atoms with Crippen molar-refractivity contribution in [2.75, 3.05) is 14.7 Å². The summed E-state index contributed by atoms with van der Waals surface area (Å²) in [5, 5.41) is 7.03. The van der Waals surface area contributed by atoms with Crippen molar-refractivity contribution in [2.45, 2.75) is 0 Å². The van der Waals surface area contributed by atoms with E-state index < -0.39 is 0 Å². The standard InChI is InChI=1S/C72H48N4OS/c1-6-20-51(21-7-1)73(52-22-8-2-9-23-52)59-42-50(43-60(45-59)74(53-24-10-3-11-25-53)54-26-12-4-13-27-54)49-34-39-67-64(44-49)61-38-35-58(48-68(61)76(67)55-28-14-5-15-29-55)75(56-36-40-70-65(46-56)62-30-16-18-32-69(62)77-70)57-37-41-72-66(47-57)63-31-17-19-33-71(63)78-72/h1-48H. The van der Waals surface area contributed by atoms with Crippen LogP contribution in [-0.4, -0.2) is 4.57 Å². The average Bonchev–Trinajstić information content (AvgIpc) is 4.21. The van der Waals surface area contributed by atoms with Crippen LogP contribution < -0.4 is 14.7 Å². The number of furan rings is 1. The largest absolute Gasteiger partial charge is 0.456 e. The fourth-order valence-electron chi connectivity index (χ4n) is 11.6. The molecule has 0 radical (unpaired) electrons. The molecule has 3 heterocycles. The van der Waals surface area contributed by atoms with Crippen molar-refractivity contribution in [3.8, 4) is 16.8 Å². The van der Waals surface area contributed by atoms with Crippen molar-refractivity contribution in [1.82, 2.24) is 4.57 Å². The normalized spacial score (nSPS) is 11.6. The van der Waals surface area contributed by atoms with Crippen LogP contribution in [0, 0.1) is 0 Å². The van der Waals surface area contributed by atoms with Crippen molar-refractivity contribution in [3.05, 3.63) is 291 Å². The van der Waals surface area contributed by atoms with E-state index in [4.69, 9.17) is 4.42 Å². The van der Waals surface area contributed by atoms with E-state index in [-0.39, 0.29) is 0 Å². The molecule has 0 unspecified atom stereocenters. The number of fused-ring (bicyclic) bond motifs is 9. The van der Waals surface area contributed by atoms with Gasteiger partial charge in [0.25, 0.3) is 0 Å². The highest BCUT2D eigenvalue weighted by Crippen LogP contribution is 2.47. The molecule has 0 aliphatic carbocycles. The number of aromatic nitrogens is 1. The van der Waals surface area contributed by atoms with Crippen LogP contribution in [-0.2, 0) is 0 Å². The minimum Gasteiger partial charge on any atom is -0.456 e. The highest BCUT2D eigenvalue weighted by Gasteiger charge is 2.23. The Morgan fingerprint density at radius 1 is 0.256 bits per heavy atom. The van der Waals surface area contributed by atoms with Crippen molar-refractivity contribution in [2.24, 2.45) is 0 Å². The lowest BCUT2D eigenvalue weighted by molar-refractivity contribution is 0.669. The van der Waals surface area contributed by atoms with Gasteiger partial charge in [0.1, 0.15) is 11.2 Å². The van der Waals surface area contributed by atoms with E-state index in [9.17, 15) is 0 Å². The maximum absolute atomic E-state index is 6.38. The number of hydrogen-bond donors (Lipinski definition) is 0. The van der Waals surface area contributed by atoms with Gasteiger partial charge >= 0.3 is 0 Å². The topological polar surface area (TPSA) is 27.8 Å². The summed E-state index contributed by atoms with van der Waals surface area (Å²) < 4.78 is 11.4. The third-order valence-electron chi connectivity index (χ3n) is 15.1. The van der Waals surface area contributed by atoms with E-state index in [1.165, 1.54) is 25.6 Å². The van der Waals surface area contributed by atoms with Crippen LogP contribution in [0.3, 0.4) is 0 Å². The Hall–Kier alpha value is -10.1. The molecule has 0 N–H and O–H groups in total. The summed E-state index contributed by atoms with van der Waals surface area (Å²) >= 11 is 1.84. The molecule has 15 rings (SSSR count). The van der Waals surface area contributed by atoms with Gasteiger partial charge in [-0.05, 0) is 163 Å². The average molecular weight is 1020 g/mol. The Kier molecular flexibility index (Phi) is 11.0. The predicted octanol–water partition coefficient (Wildman–Crippen LogP) is 21.1. The summed E-state index contributed by atoms with van der Waals surface area (Å²) in [6.07, 6.45) is 0. The Morgan fingerprint density at radius 3 is 1.38 bits per heavy atom. The monoisotopic (exact) mass is 1020 g/mol. The molecule has 0 aliphatic heterocycles. The van der Waals surface area contributed by atoms with E-state index in [0.717, 1.165) is 106 Å². The predicted molar refractivity (Wildman–Crippen MR) is 330 cm³/mol. The molecule has 0 bridgehead atoms. The van der Waals surface area contributed by atoms with Crippen LogP contribution in [0.4, 0.5) is 51.2 Å². The first-order chi connectivity index (χ1) is 38.7. The smallest absolute Gasteiger partial charge is 0.135 e. The Morgan fingerprint density at radius 2 is 0.744 bits per heavy atom. The first-order valence-corrected chi connectivity index (χ1v) is 27.2. The van der Waals surface area contributed by atoms with Gasteiger partial charge in [0.05, 0.1) is 11.0 Å².